The summed E-state index contributed by atoms with van der Waals surface area (Å²) < 4.78 is 1.27. The largest absolute Gasteiger partial charge is 0.369 e. The van der Waals surface area contributed by atoms with E-state index in [9.17, 15) is 0 Å². The molecule has 2 saturated carbocycles. The molecule has 0 atom stereocenters. The summed E-state index contributed by atoms with van der Waals surface area (Å²) in [6, 6.07) is 0. The van der Waals surface area contributed by atoms with E-state index in [4.69, 9.17) is 9.97 Å². The zero-order chi connectivity index (χ0) is 13.9. The quantitative estimate of drug-likeness (QED) is 0.732. The highest BCUT2D eigenvalue weighted by molar-refractivity contribution is 14.1. The first kappa shape index (κ1) is 14.5. The number of aromatic nitrogens is 2. The molecule has 0 aromatic carbocycles. The van der Waals surface area contributed by atoms with Crippen LogP contribution in [-0.4, -0.2) is 16.5 Å². The van der Waals surface area contributed by atoms with Crippen LogP contribution in [-0.2, 0) is 6.42 Å². The van der Waals surface area contributed by atoms with Crippen LogP contribution < -0.4 is 5.32 Å². The molecule has 1 N–H and O–H groups in total. The Hall–Kier alpha value is -0.390. The Bertz CT molecular complexity index is 465. The fraction of sp³-hybridized carbons (Fsp3) is 0.750. The van der Waals surface area contributed by atoms with Crippen LogP contribution in [0.25, 0.3) is 0 Å². The van der Waals surface area contributed by atoms with Gasteiger partial charge in [0.1, 0.15) is 11.6 Å². The summed E-state index contributed by atoms with van der Waals surface area (Å²) in [5.41, 5.74) is 1.33. The van der Waals surface area contributed by atoms with Crippen molar-refractivity contribution < 1.29 is 0 Å². The lowest BCUT2D eigenvalue weighted by Crippen LogP contribution is -2.12. The Balaban J connectivity index is 1.88. The molecule has 4 heteroatoms. The van der Waals surface area contributed by atoms with E-state index >= 15 is 0 Å². The van der Waals surface area contributed by atoms with Crippen LogP contribution in [0.3, 0.4) is 0 Å². The van der Waals surface area contributed by atoms with Crippen LogP contribution in [0.2, 0.25) is 0 Å². The van der Waals surface area contributed by atoms with Gasteiger partial charge in [-0.2, -0.15) is 0 Å². The molecule has 2 aliphatic rings. The highest BCUT2D eigenvalue weighted by atomic mass is 127. The van der Waals surface area contributed by atoms with Gasteiger partial charge in [0, 0.05) is 18.9 Å². The highest BCUT2D eigenvalue weighted by Gasteiger charge is 2.27. The summed E-state index contributed by atoms with van der Waals surface area (Å²) >= 11 is 2.45. The molecule has 0 radical (unpaired) electrons. The molecule has 0 amide bonds. The van der Waals surface area contributed by atoms with E-state index < -0.39 is 0 Å². The normalized spacial score (nSPS) is 19.5. The van der Waals surface area contributed by atoms with Gasteiger partial charge in [0.25, 0.3) is 0 Å². The molecule has 20 heavy (non-hydrogen) atoms. The van der Waals surface area contributed by atoms with Crippen LogP contribution in [0.15, 0.2) is 0 Å². The predicted octanol–water partition coefficient (Wildman–Crippen LogP) is 4.51. The van der Waals surface area contributed by atoms with Crippen molar-refractivity contribution >= 4 is 28.4 Å². The Morgan fingerprint density at radius 3 is 2.55 bits per heavy atom. The third kappa shape index (κ3) is 3.43. The van der Waals surface area contributed by atoms with Crippen molar-refractivity contribution in [2.24, 2.45) is 5.92 Å². The Morgan fingerprint density at radius 1 is 1.15 bits per heavy atom. The molecular formula is C16H24IN3. The Kier molecular flexibility index (Phi) is 4.79. The second kappa shape index (κ2) is 6.58. The van der Waals surface area contributed by atoms with Gasteiger partial charge >= 0.3 is 0 Å². The number of halogens is 1. The van der Waals surface area contributed by atoms with E-state index in [-0.39, 0.29) is 0 Å². The van der Waals surface area contributed by atoms with Crippen molar-refractivity contribution in [2.45, 2.75) is 64.2 Å². The van der Waals surface area contributed by atoms with E-state index in [0.717, 1.165) is 36.9 Å². The monoisotopic (exact) mass is 385 g/mol. The molecular weight excluding hydrogens is 361 g/mol. The lowest BCUT2D eigenvalue weighted by molar-refractivity contribution is 0.667. The summed E-state index contributed by atoms with van der Waals surface area (Å²) in [6.07, 6.45) is 10.3. The van der Waals surface area contributed by atoms with Gasteiger partial charge in [-0.05, 0) is 60.6 Å². The van der Waals surface area contributed by atoms with Crippen LogP contribution in [0.4, 0.5) is 5.82 Å². The van der Waals surface area contributed by atoms with Crippen LogP contribution in [0.5, 0.6) is 0 Å². The topological polar surface area (TPSA) is 37.8 Å². The first-order valence-electron chi connectivity index (χ1n) is 8.08. The smallest absolute Gasteiger partial charge is 0.143 e. The predicted molar refractivity (Wildman–Crippen MR) is 91.2 cm³/mol. The fourth-order valence-corrected chi connectivity index (χ4v) is 3.89. The van der Waals surface area contributed by atoms with E-state index in [1.807, 2.05) is 0 Å². The Labute approximate surface area is 135 Å². The zero-order valence-corrected chi connectivity index (χ0v) is 14.4. The molecule has 3 nitrogen and oxygen atoms in total. The van der Waals surface area contributed by atoms with Gasteiger partial charge in [0.2, 0.25) is 0 Å². The third-order valence-corrected chi connectivity index (χ3v) is 5.44. The summed E-state index contributed by atoms with van der Waals surface area (Å²) in [6.45, 7) is 3.20. The van der Waals surface area contributed by atoms with E-state index in [1.54, 1.807) is 0 Å². The number of hydrogen-bond donors (Lipinski definition) is 1. The molecule has 1 aromatic heterocycles. The number of nitrogens with zero attached hydrogens (tertiary/aromatic N) is 2. The van der Waals surface area contributed by atoms with Gasteiger partial charge in [0.15, 0.2) is 0 Å². The molecule has 0 unspecified atom stereocenters. The van der Waals surface area contributed by atoms with E-state index in [1.165, 1.54) is 47.8 Å². The molecule has 0 bridgehead atoms. The van der Waals surface area contributed by atoms with Crippen LogP contribution >= 0.6 is 22.6 Å². The maximum Gasteiger partial charge on any atom is 0.143 e. The number of hydrogen-bond acceptors (Lipinski definition) is 3. The average molecular weight is 385 g/mol. The van der Waals surface area contributed by atoms with Crippen molar-refractivity contribution in [3.05, 3.63) is 15.1 Å². The van der Waals surface area contributed by atoms with Gasteiger partial charge in [0.05, 0.1) is 9.26 Å². The van der Waals surface area contributed by atoms with Crippen LogP contribution in [0, 0.1) is 9.49 Å². The third-order valence-electron chi connectivity index (χ3n) is 4.38. The second-order valence-corrected chi connectivity index (χ2v) is 7.32. The minimum atomic E-state index is 0.671. The SMILES string of the molecule is CCCNc1nc(CC2CC2)nc(C2CCCC2)c1I. The summed E-state index contributed by atoms with van der Waals surface area (Å²) in [5, 5.41) is 3.50. The Morgan fingerprint density at radius 2 is 1.90 bits per heavy atom. The fourth-order valence-electron chi connectivity index (χ4n) is 3.01. The summed E-state index contributed by atoms with van der Waals surface area (Å²) in [4.78, 5) is 9.74. The number of rotatable bonds is 6. The summed E-state index contributed by atoms with van der Waals surface area (Å²) in [7, 11) is 0. The average Bonchev–Trinajstić information content (AvgIpc) is 3.09. The van der Waals surface area contributed by atoms with Crippen molar-refractivity contribution in [3.8, 4) is 0 Å². The lowest BCUT2D eigenvalue weighted by atomic mass is 10.0. The first-order chi connectivity index (χ1) is 9.78. The molecule has 1 heterocycles. The van der Waals surface area contributed by atoms with Crippen molar-refractivity contribution in [1.82, 2.24) is 9.97 Å². The molecule has 3 rings (SSSR count). The van der Waals surface area contributed by atoms with E-state index in [0.29, 0.717) is 5.92 Å². The van der Waals surface area contributed by atoms with Gasteiger partial charge in [-0.15, -0.1) is 0 Å². The number of nitrogens with one attached hydrogen (secondary N) is 1. The molecule has 1 aromatic rings. The molecule has 0 aliphatic heterocycles. The van der Waals surface area contributed by atoms with Gasteiger partial charge in [-0.1, -0.05) is 19.8 Å². The molecule has 110 valence electrons. The zero-order valence-electron chi connectivity index (χ0n) is 12.3. The maximum absolute atomic E-state index is 4.94. The van der Waals surface area contributed by atoms with Gasteiger partial charge in [-0.25, -0.2) is 9.97 Å². The minimum absolute atomic E-state index is 0.671. The molecule has 2 fully saturated rings. The van der Waals surface area contributed by atoms with E-state index in [2.05, 4.69) is 34.8 Å². The standard InChI is InChI=1S/C16H24IN3/c1-2-9-18-16-14(17)15(12-5-3-4-6-12)19-13(20-16)10-11-7-8-11/h11-12H,2-10H2,1H3,(H,18,19,20). The van der Waals surface area contributed by atoms with Crippen LogP contribution in [0.1, 0.15) is 69.3 Å². The minimum Gasteiger partial charge on any atom is -0.369 e. The molecule has 0 saturated heterocycles. The lowest BCUT2D eigenvalue weighted by Gasteiger charge is -2.16. The van der Waals surface area contributed by atoms with Gasteiger partial charge in [-0.3, -0.25) is 0 Å². The van der Waals surface area contributed by atoms with Crippen molar-refractivity contribution in [1.29, 1.82) is 0 Å². The number of anilines is 1. The second-order valence-electron chi connectivity index (χ2n) is 6.24. The first-order valence-corrected chi connectivity index (χ1v) is 9.16. The van der Waals surface area contributed by atoms with Crippen molar-refractivity contribution in [3.63, 3.8) is 0 Å². The maximum atomic E-state index is 4.94. The van der Waals surface area contributed by atoms with Crippen molar-refractivity contribution in [2.75, 3.05) is 11.9 Å². The molecule has 2 aliphatic carbocycles. The van der Waals surface area contributed by atoms with Gasteiger partial charge < -0.3 is 5.32 Å². The molecule has 0 spiro atoms. The summed E-state index contributed by atoms with van der Waals surface area (Å²) in [5.74, 6) is 3.68. The highest BCUT2D eigenvalue weighted by Crippen LogP contribution is 2.38.